The number of piperidine rings is 1. The van der Waals surface area contributed by atoms with Gasteiger partial charge >= 0.3 is 0 Å². The van der Waals surface area contributed by atoms with Gasteiger partial charge in [-0.2, -0.15) is 4.31 Å². The van der Waals surface area contributed by atoms with Crippen LogP contribution in [0.3, 0.4) is 0 Å². The minimum Gasteiger partial charge on any atom is -0.363 e. The molecular formula is C22H31N4O2S+. The van der Waals surface area contributed by atoms with Crippen LogP contribution in [0.2, 0.25) is 0 Å². The van der Waals surface area contributed by atoms with Crippen molar-refractivity contribution in [2.75, 3.05) is 49.1 Å². The van der Waals surface area contributed by atoms with Gasteiger partial charge in [0.05, 0.1) is 13.1 Å². The van der Waals surface area contributed by atoms with Crippen molar-refractivity contribution in [3.8, 4) is 0 Å². The third-order valence-corrected chi connectivity index (χ3v) is 8.15. The molecule has 0 radical (unpaired) electrons. The number of aromatic nitrogens is 1. The van der Waals surface area contributed by atoms with Crippen LogP contribution in [0.15, 0.2) is 41.4 Å². The Morgan fingerprint density at radius 3 is 2.17 bits per heavy atom. The van der Waals surface area contributed by atoms with Crippen LogP contribution in [0.25, 0.3) is 0 Å². The summed E-state index contributed by atoms with van der Waals surface area (Å²) < 4.78 is 27.3. The molecule has 0 atom stereocenters. The summed E-state index contributed by atoms with van der Waals surface area (Å²) in [7, 11) is -3.39. The maximum Gasteiger partial charge on any atom is 0.274 e. The molecule has 4 rings (SSSR count). The van der Waals surface area contributed by atoms with Crippen molar-refractivity contribution in [2.24, 2.45) is 0 Å². The van der Waals surface area contributed by atoms with Gasteiger partial charge in [-0.25, -0.2) is 13.4 Å². The van der Waals surface area contributed by atoms with Gasteiger partial charge in [-0.05, 0) is 49.9 Å². The maximum atomic E-state index is 12.8. The molecule has 2 aliphatic rings. The van der Waals surface area contributed by atoms with E-state index in [0.29, 0.717) is 18.0 Å². The molecule has 0 aliphatic carbocycles. The number of benzene rings is 1. The summed E-state index contributed by atoms with van der Waals surface area (Å²) in [4.78, 5) is 8.32. The number of piperazine rings is 1. The van der Waals surface area contributed by atoms with E-state index in [4.69, 9.17) is 0 Å². The number of nitrogens with one attached hydrogen (secondary N) is 1. The van der Waals surface area contributed by atoms with Gasteiger partial charge in [-0.1, -0.05) is 18.6 Å². The van der Waals surface area contributed by atoms with E-state index in [1.165, 1.54) is 16.8 Å². The largest absolute Gasteiger partial charge is 0.363 e. The lowest BCUT2D eigenvalue weighted by Crippen LogP contribution is -2.48. The van der Waals surface area contributed by atoms with Crippen molar-refractivity contribution in [1.29, 1.82) is 0 Å². The fraction of sp³-hybridized carbons (Fsp3) is 0.500. The van der Waals surface area contributed by atoms with E-state index in [2.05, 4.69) is 46.8 Å². The minimum atomic E-state index is -3.39. The number of H-pyrrole nitrogens is 1. The van der Waals surface area contributed by atoms with Gasteiger partial charge in [0.2, 0.25) is 10.0 Å². The number of aryl methyl sites for hydroxylation is 1. The Kier molecular flexibility index (Phi) is 5.79. The van der Waals surface area contributed by atoms with Gasteiger partial charge in [-0.3, -0.25) is 4.90 Å². The standard InChI is InChI=1S/C22H30N4O2S/c1-18-7-6-8-21(19(18)2)24-13-15-25(16-14-24)22-10-9-20(17-23-22)29(27,28)26-11-4-3-5-12-26/h6-10,17H,3-5,11-16H2,1-2H3/p+1. The van der Waals surface area contributed by atoms with Crippen LogP contribution in [0.4, 0.5) is 11.5 Å². The van der Waals surface area contributed by atoms with Gasteiger partial charge in [0.1, 0.15) is 24.2 Å². The smallest absolute Gasteiger partial charge is 0.274 e. The summed E-state index contributed by atoms with van der Waals surface area (Å²) in [6.45, 7) is 9.31. The second-order valence-electron chi connectivity index (χ2n) is 8.07. The highest BCUT2D eigenvalue weighted by molar-refractivity contribution is 7.89. The Hall–Kier alpha value is -2.12. The minimum absolute atomic E-state index is 0.358. The van der Waals surface area contributed by atoms with Crippen LogP contribution in [-0.2, 0) is 10.0 Å². The maximum absolute atomic E-state index is 12.8. The first-order valence-corrected chi connectivity index (χ1v) is 12.0. The molecule has 1 N–H and O–H groups in total. The van der Waals surface area contributed by atoms with Gasteiger partial charge in [0.25, 0.3) is 5.82 Å². The van der Waals surface area contributed by atoms with Gasteiger partial charge in [0.15, 0.2) is 0 Å². The van der Waals surface area contributed by atoms with Crippen molar-refractivity contribution in [1.82, 2.24) is 4.31 Å². The summed E-state index contributed by atoms with van der Waals surface area (Å²) in [5.41, 5.74) is 3.99. The lowest BCUT2D eigenvalue weighted by Gasteiger charge is -2.33. The molecule has 0 saturated carbocycles. The Morgan fingerprint density at radius 1 is 0.828 bits per heavy atom. The number of hydrogen-bond donors (Lipinski definition) is 0. The van der Waals surface area contributed by atoms with Crippen LogP contribution < -0.4 is 14.8 Å². The fourth-order valence-electron chi connectivity index (χ4n) is 4.28. The zero-order valence-corrected chi connectivity index (χ0v) is 18.2. The molecule has 2 aliphatic heterocycles. The second kappa shape index (κ2) is 8.32. The van der Waals surface area contributed by atoms with E-state index in [1.807, 2.05) is 6.07 Å². The highest BCUT2D eigenvalue weighted by Gasteiger charge is 2.29. The molecule has 29 heavy (non-hydrogen) atoms. The van der Waals surface area contributed by atoms with E-state index >= 15 is 0 Å². The molecule has 3 heterocycles. The van der Waals surface area contributed by atoms with Crippen molar-refractivity contribution in [3.63, 3.8) is 0 Å². The topological polar surface area (TPSA) is 58.0 Å². The van der Waals surface area contributed by atoms with E-state index in [9.17, 15) is 8.42 Å². The Morgan fingerprint density at radius 2 is 1.52 bits per heavy atom. The summed E-state index contributed by atoms with van der Waals surface area (Å²) >= 11 is 0. The first-order chi connectivity index (χ1) is 14.0. The summed E-state index contributed by atoms with van der Waals surface area (Å²) in [6, 6.07) is 10.1. The summed E-state index contributed by atoms with van der Waals surface area (Å²) in [5, 5.41) is 0. The molecule has 0 unspecified atom stereocenters. The first-order valence-electron chi connectivity index (χ1n) is 10.5. The molecule has 7 heteroatoms. The van der Waals surface area contributed by atoms with Gasteiger partial charge in [0, 0.05) is 24.8 Å². The van der Waals surface area contributed by atoms with Crippen LogP contribution >= 0.6 is 0 Å². The molecule has 0 amide bonds. The number of nitrogens with zero attached hydrogens (tertiary/aromatic N) is 3. The summed E-state index contributed by atoms with van der Waals surface area (Å²) in [6.07, 6.45) is 4.67. The van der Waals surface area contributed by atoms with Gasteiger partial charge in [-0.15, -0.1) is 0 Å². The average molecular weight is 416 g/mol. The number of anilines is 2. The zero-order valence-electron chi connectivity index (χ0n) is 17.4. The third kappa shape index (κ3) is 4.12. The zero-order chi connectivity index (χ0) is 20.4. The fourth-order valence-corrected chi connectivity index (χ4v) is 5.77. The Balaban J connectivity index is 1.42. The molecule has 2 saturated heterocycles. The van der Waals surface area contributed by atoms with Crippen molar-refractivity contribution < 1.29 is 13.4 Å². The SMILES string of the molecule is Cc1cccc(N2CCN(c3ccc(S(=O)(=O)N4CCCCC4)c[nH+]3)CC2)c1C. The molecule has 1 aromatic carbocycles. The predicted octanol–water partition coefficient (Wildman–Crippen LogP) is 2.62. The normalized spacial score (nSPS) is 18.8. The van der Waals surface area contributed by atoms with E-state index in [0.717, 1.165) is 51.3 Å². The molecule has 6 nitrogen and oxygen atoms in total. The molecule has 0 bridgehead atoms. The number of sulfonamides is 1. The van der Waals surface area contributed by atoms with Crippen LogP contribution in [0, 0.1) is 13.8 Å². The molecule has 2 fully saturated rings. The lowest BCUT2D eigenvalue weighted by molar-refractivity contribution is -0.367. The molecule has 2 aromatic rings. The number of hydrogen-bond acceptors (Lipinski definition) is 4. The van der Waals surface area contributed by atoms with Gasteiger partial charge < -0.3 is 4.90 Å². The monoisotopic (exact) mass is 415 g/mol. The van der Waals surface area contributed by atoms with Crippen LogP contribution in [-0.4, -0.2) is 52.0 Å². The highest BCUT2D eigenvalue weighted by Crippen LogP contribution is 2.25. The second-order valence-corrected chi connectivity index (χ2v) is 10.0. The molecule has 0 spiro atoms. The first kappa shape index (κ1) is 20.2. The van der Waals surface area contributed by atoms with E-state index < -0.39 is 10.0 Å². The predicted molar refractivity (Wildman–Crippen MR) is 116 cm³/mol. The third-order valence-electron chi connectivity index (χ3n) is 6.26. The number of rotatable bonds is 4. The number of pyridine rings is 1. The quantitative estimate of drug-likeness (QED) is 0.770. The van der Waals surface area contributed by atoms with Crippen LogP contribution in [0.1, 0.15) is 30.4 Å². The Labute approximate surface area is 174 Å². The molecular weight excluding hydrogens is 384 g/mol. The summed E-state index contributed by atoms with van der Waals surface area (Å²) in [5.74, 6) is 0.975. The van der Waals surface area contributed by atoms with E-state index in [-0.39, 0.29) is 0 Å². The Bertz CT molecular complexity index is 945. The van der Waals surface area contributed by atoms with Crippen LogP contribution in [0.5, 0.6) is 0 Å². The lowest BCUT2D eigenvalue weighted by atomic mass is 10.1. The van der Waals surface area contributed by atoms with Crippen molar-refractivity contribution >= 4 is 21.5 Å². The molecule has 1 aromatic heterocycles. The van der Waals surface area contributed by atoms with Crippen molar-refractivity contribution in [3.05, 3.63) is 47.7 Å². The molecule has 156 valence electrons. The average Bonchev–Trinajstić information content (AvgIpc) is 2.76. The number of aromatic amines is 1. The van der Waals surface area contributed by atoms with E-state index in [1.54, 1.807) is 16.6 Å². The van der Waals surface area contributed by atoms with Crippen molar-refractivity contribution in [2.45, 2.75) is 38.0 Å². The highest BCUT2D eigenvalue weighted by atomic mass is 32.2.